The fourth-order valence-corrected chi connectivity index (χ4v) is 5.11. The van der Waals surface area contributed by atoms with Crippen LogP contribution in [0.2, 0.25) is 0 Å². The average Bonchev–Trinajstić information content (AvgIpc) is 3.05. The van der Waals surface area contributed by atoms with E-state index in [1.807, 2.05) is 133 Å². The zero-order chi connectivity index (χ0) is 29.4. The Morgan fingerprint density at radius 3 is 1.30 bits per heavy atom. The maximum absolute atomic E-state index is 13.0. The van der Waals surface area contributed by atoms with Crippen LogP contribution in [0.25, 0.3) is 33.7 Å². The fourth-order valence-electron chi connectivity index (χ4n) is 5.11. The van der Waals surface area contributed by atoms with Crippen LogP contribution >= 0.6 is 0 Å². The third-order valence-electron chi connectivity index (χ3n) is 7.19. The summed E-state index contributed by atoms with van der Waals surface area (Å²) in [5.74, 6) is -0.0433. The highest BCUT2D eigenvalue weighted by Crippen LogP contribution is 2.36. The van der Waals surface area contributed by atoms with Crippen molar-refractivity contribution in [1.29, 1.82) is 0 Å². The summed E-state index contributed by atoms with van der Waals surface area (Å²) in [6.45, 7) is 0. The van der Waals surface area contributed by atoms with Gasteiger partial charge in [-0.1, -0.05) is 121 Å². The second-order valence-electron chi connectivity index (χ2n) is 10.0. The van der Waals surface area contributed by atoms with Crippen LogP contribution in [0.4, 0.5) is 0 Å². The molecule has 0 fully saturated rings. The van der Waals surface area contributed by atoms with Crippen LogP contribution in [0.3, 0.4) is 0 Å². The Labute approximate surface area is 250 Å². The topological polar surface area (TPSA) is 52.6 Å². The molecule has 0 saturated carbocycles. The van der Waals surface area contributed by atoms with Gasteiger partial charge in [-0.15, -0.1) is 0 Å². The molecule has 0 N–H and O–H groups in total. The van der Waals surface area contributed by atoms with E-state index in [0.29, 0.717) is 17.9 Å². The summed E-state index contributed by atoms with van der Waals surface area (Å²) >= 11 is 0. The summed E-state index contributed by atoms with van der Waals surface area (Å²) in [4.78, 5) is 25.9. The molecule has 0 aliphatic carbocycles. The molecule has 0 saturated heterocycles. The lowest BCUT2D eigenvalue weighted by Crippen LogP contribution is -2.09. The molecule has 0 atom stereocenters. The van der Waals surface area contributed by atoms with Crippen LogP contribution in [-0.2, 0) is 16.0 Å². The first-order chi connectivity index (χ1) is 21.1. The number of carbonyl (C=O) groups is 2. The molecular formula is C39H28O4. The van der Waals surface area contributed by atoms with E-state index >= 15 is 0 Å². The van der Waals surface area contributed by atoms with Crippen LogP contribution in [0.5, 0.6) is 11.5 Å². The van der Waals surface area contributed by atoms with Crippen molar-refractivity contribution < 1.29 is 19.1 Å². The van der Waals surface area contributed by atoms with Crippen molar-refractivity contribution in [2.45, 2.75) is 6.42 Å². The minimum atomic E-state index is -0.476. The van der Waals surface area contributed by atoms with Gasteiger partial charge in [-0.25, -0.2) is 9.59 Å². The lowest BCUT2D eigenvalue weighted by Gasteiger charge is -2.17. The van der Waals surface area contributed by atoms with Crippen LogP contribution in [0, 0.1) is 0 Å². The second-order valence-corrected chi connectivity index (χ2v) is 10.0. The molecular weight excluding hydrogens is 532 g/mol. The Hall–Kier alpha value is -5.74. The van der Waals surface area contributed by atoms with Crippen LogP contribution in [0.15, 0.2) is 146 Å². The van der Waals surface area contributed by atoms with Crippen molar-refractivity contribution >= 4 is 45.6 Å². The highest BCUT2D eigenvalue weighted by Gasteiger charge is 2.18. The molecule has 6 aromatic carbocycles. The molecule has 0 bridgehead atoms. The van der Waals surface area contributed by atoms with Gasteiger partial charge in [-0.3, -0.25) is 0 Å². The van der Waals surface area contributed by atoms with E-state index in [1.165, 1.54) is 12.2 Å². The minimum absolute atomic E-state index is 0.374. The lowest BCUT2D eigenvalue weighted by molar-refractivity contribution is -0.129. The predicted octanol–water partition coefficient (Wildman–Crippen LogP) is 8.82. The van der Waals surface area contributed by atoms with Gasteiger partial charge in [0, 0.05) is 29.7 Å². The maximum atomic E-state index is 13.0. The molecule has 0 spiro atoms. The Morgan fingerprint density at radius 1 is 0.465 bits per heavy atom. The molecule has 6 aromatic rings. The third kappa shape index (κ3) is 6.61. The van der Waals surface area contributed by atoms with E-state index in [2.05, 4.69) is 0 Å². The number of fused-ring (bicyclic) bond motifs is 2. The minimum Gasteiger partial charge on any atom is -0.423 e. The van der Waals surface area contributed by atoms with Gasteiger partial charge in [0.25, 0.3) is 0 Å². The molecule has 0 radical (unpaired) electrons. The Kier molecular flexibility index (Phi) is 8.19. The predicted molar refractivity (Wildman–Crippen MR) is 173 cm³/mol. The van der Waals surface area contributed by atoms with Gasteiger partial charge in [-0.05, 0) is 57.0 Å². The van der Waals surface area contributed by atoms with Crippen LogP contribution < -0.4 is 9.47 Å². The van der Waals surface area contributed by atoms with Gasteiger partial charge in [0.15, 0.2) is 0 Å². The van der Waals surface area contributed by atoms with Gasteiger partial charge in [0.2, 0.25) is 0 Å². The first-order valence-electron chi connectivity index (χ1n) is 14.1. The van der Waals surface area contributed by atoms with Crippen molar-refractivity contribution in [3.05, 3.63) is 168 Å². The highest BCUT2D eigenvalue weighted by molar-refractivity contribution is 5.95. The molecule has 6 rings (SSSR count). The monoisotopic (exact) mass is 560 g/mol. The van der Waals surface area contributed by atoms with Gasteiger partial charge in [0.1, 0.15) is 11.5 Å². The van der Waals surface area contributed by atoms with Crippen molar-refractivity contribution in [3.63, 3.8) is 0 Å². The summed E-state index contributed by atoms with van der Waals surface area (Å²) < 4.78 is 11.8. The van der Waals surface area contributed by atoms with Crippen molar-refractivity contribution in [1.82, 2.24) is 0 Å². The van der Waals surface area contributed by atoms with Crippen molar-refractivity contribution in [3.8, 4) is 11.5 Å². The lowest BCUT2D eigenvalue weighted by atomic mass is 9.93. The maximum Gasteiger partial charge on any atom is 0.336 e. The molecule has 4 nitrogen and oxygen atoms in total. The van der Waals surface area contributed by atoms with E-state index in [9.17, 15) is 9.59 Å². The quantitative estimate of drug-likeness (QED) is 0.106. The number of hydrogen-bond donors (Lipinski definition) is 0. The third-order valence-corrected chi connectivity index (χ3v) is 7.19. The molecule has 0 heterocycles. The molecule has 0 aromatic heterocycles. The highest BCUT2D eigenvalue weighted by atomic mass is 16.5. The number of hydrogen-bond acceptors (Lipinski definition) is 4. The van der Waals surface area contributed by atoms with E-state index in [1.54, 1.807) is 12.2 Å². The van der Waals surface area contributed by atoms with E-state index in [-0.39, 0.29) is 0 Å². The van der Waals surface area contributed by atoms with Crippen LogP contribution in [0.1, 0.15) is 22.3 Å². The summed E-state index contributed by atoms with van der Waals surface area (Å²) in [6, 6.07) is 42.7. The summed E-state index contributed by atoms with van der Waals surface area (Å²) in [5.41, 5.74) is 3.46. The first kappa shape index (κ1) is 27.4. The van der Waals surface area contributed by atoms with E-state index in [4.69, 9.17) is 9.47 Å². The van der Waals surface area contributed by atoms with Gasteiger partial charge in [0.05, 0.1) is 0 Å². The second kappa shape index (κ2) is 12.8. The molecule has 0 aliphatic heterocycles. The SMILES string of the molecule is O=C(C=Cc1ccccc1)Oc1ccc2ccccc2c1Cc1c(OC(=O)C=Cc2ccccc2)ccc2ccccc12. The zero-order valence-corrected chi connectivity index (χ0v) is 23.4. The van der Waals surface area contributed by atoms with E-state index < -0.39 is 11.9 Å². The molecule has 4 heteroatoms. The summed E-state index contributed by atoms with van der Waals surface area (Å²) in [5, 5.41) is 3.94. The van der Waals surface area contributed by atoms with Gasteiger partial charge in [-0.2, -0.15) is 0 Å². The fraction of sp³-hybridized carbons (Fsp3) is 0.0256. The largest absolute Gasteiger partial charge is 0.423 e. The average molecular weight is 561 g/mol. The molecule has 43 heavy (non-hydrogen) atoms. The standard InChI is InChI=1S/C39H28O4/c40-38(25-19-28-11-3-1-4-12-28)42-36-23-21-30-15-7-9-17-32(30)34(36)27-35-33-18-10-8-16-31(33)22-24-37(35)43-39(41)26-20-29-13-5-2-6-14-29/h1-26H,27H2. The molecule has 0 aliphatic rings. The molecule has 208 valence electrons. The van der Waals surface area contributed by atoms with Gasteiger partial charge >= 0.3 is 11.9 Å². The van der Waals surface area contributed by atoms with E-state index in [0.717, 1.165) is 43.8 Å². The van der Waals surface area contributed by atoms with Crippen molar-refractivity contribution in [2.75, 3.05) is 0 Å². The summed E-state index contributed by atoms with van der Waals surface area (Å²) in [6.07, 6.45) is 6.69. The smallest absolute Gasteiger partial charge is 0.336 e. The van der Waals surface area contributed by atoms with Gasteiger partial charge < -0.3 is 9.47 Å². The van der Waals surface area contributed by atoms with Crippen molar-refractivity contribution in [2.24, 2.45) is 0 Å². The summed E-state index contributed by atoms with van der Waals surface area (Å²) in [7, 11) is 0. The zero-order valence-electron chi connectivity index (χ0n) is 23.4. The Bertz CT molecular complexity index is 1830. The first-order valence-corrected chi connectivity index (χ1v) is 14.1. The number of benzene rings is 6. The Balaban J connectivity index is 1.37. The number of esters is 2. The molecule has 0 amide bonds. The normalized spacial score (nSPS) is 11.3. The molecule has 0 unspecified atom stereocenters. The number of rotatable bonds is 8. The number of carbonyl (C=O) groups excluding carboxylic acids is 2. The van der Waals surface area contributed by atoms with Crippen LogP contribution in [-0.4, -0.2) is 11.9 Å². The Morgan fingerprint density at radius 2 is 0.860 bits per heavy atom. The number of ether oxygens (including phenoxy) is 2.